The van der Waals surface area contributed by atoms with E-state index in [4.69, 9.17) is 0 Å². The van der Waals surface area contributed by atoms with Gasteiger partial charge < -0.3 is 15.3 Å². The van der Waals surface area contributed by atoms with Crippen LogP contribution in [-0.4, -0.2) is 39.1 Å². The number of fused-ring (bicyclic) bond motifs is 1. The van der Waals surface area contributed by atoms with Crippen LogP contribution in [0.25, 0.3) is 0 Å². The molecule has 3 aliphatic carbocycles. The molecule has 0 aliphatic heterocycles. The van der Waals surface area contributed by atoms with Gasteiger partial charge in [-0.1, -0.05) is 38.2 Å². The third-order valence-corrected chi connectivity index (χ3v) is 8.80. The molecule has 6 atom stereocenters. The van der Waals surface area contributed by atoms with E-state index in [0.29, 0.717) is 36.7 Å². The maximum atomic E-state index is 14.3. The summed E-state index contributed by atoms with van der Waals surface area (Å²) in [5.74, 6) is -2.06. The molecule has 0 amide bonds. The minimum Gasteiger partial charge on any atom is -0.393 e. The Labute approximate surface area is 192 Å². The fourth-order valence-corrected chi connectivity index (χ4v) is 6.60. The van der Waals surface area contributed by atoms with Gasteiger partial charge in [-0.25, -0.2) is 8.78 Å². The maximum Gasteiger partial charge on any atom is 0.275 e. The first-order chi connectivity index (χ1) is 14.8. The number of aliphatic hydroxyl groups excluding tert-OH is 2. The average Bonchev–Trinajstić information content (AvgIpc) is 3.04. The Balaban J connectivity index is 1.73. The van der Waals surface area contributed by atoms with Crippen molar-refractivity contribution in [3.05, 3.63) is 35.5 Å². The van der Waals surface area contributed by atoms with E-state index < -0.39 is 23.7 Å². The van der Waals surface area contributed by atoms with Crippen molar-refractivity contribution in [2.75, 3.05) is 0 Å². The molecule has 5 heteroatoms. The van der Waals surface area contributed by atoms with Crippen molar-refractivity contribution >= 4 is 0 Å². The first-order valence-electron chi connectivity index (χ1n) is 12.3. The molecule has 2 unspecified atom stereocenters. The van der Waals surface area contributed by atoms with E-state index in [2.05, 4.69) is 26.5 Å². The summed E-state index contributed by atoms with van der Waals surface area (Å²) >= 11 is 0. The summed E-state index contributed by atoms with van der Waals surface area (Å²) in [6.45, 7) is 10.8. The molecule has 0 aromatic heterocycles. The lowest BCUT2D eigenvalue weighted by atomic mass is 9.60. The van der Waals surface area contributed by atoms with Gasteiger partial charge in [-0.2, -0.15) is 0 Å². The Morgan fingerprint density at radius 3 is 2.56 bits per heavy atom. The van der Waals surface area contributed by atoms with Crippen LogP contribution in [0.2, 0.25) is 0 Å². The molecule has 3 aliphatic rings. The normalized spacial score (nSPS) is 37.7. The predicted molar refractivity (Wildman–Crippen MR) is 124 cm³/mol. The summed E-state index contributed by atoms with van der Waals surface area (Å²) in [5.41, 5.74) is 1.15. The molecule has 0 aromatic carbocycles. The van der Waals surface area contributed by atoms with Crippen LogP contribution in [0.5, 0.6) is 0 Å². The van der Waals surface area contributed by atoms with Crippen molar-refractivity contribution in [2.24, 2.45) is 23.2 Å². The van der Waals surface area contributed by atoms with Gasteiger partial charge in [0.05, 0.1) is 12.2 Å². The largest absolute Gasteiger partial charge is 0.393 e. The molecule has 0 bridgehead atoms. The van der Waals surface area contributed by atoms with E-state index in [1.807, 2.05) is 6.08 Å². The predicted octanol–water partition coefficient (Wildman–Crippen LogP) is 5.95. The molecule has 0 spiro atoms. The van der Waals surface area contributed by atoms with Crippen molar-refractivity contribution in [2.45, 2.75) is 109 Å². The smallest absolute Gasteiger partial charge is 0.275 e. The van der Waals surface area contributed by atoms with E-state index in [1.165, 1.54) is 19.4 Å². The van der Waals surface area contributed by atoms with Gasteiger partial charge >= 0.3 is 0 Å². The fraction of sp³-hybridized carbons (Fsp3) is 0.778. The molecule has 3 nitrogen and oxygen atoms in total. The van der Waals surface area contributed by atoms with Gasteiger partial charge in [0.25, 0.3) is 5.92 Å². The van der Waals surface area contributed by atoms with Crippen LogP contribution in [0.4, 0.5) is 8.78 Å². The second-order valence-electron chi connectivity index (χ2n) is 11.4. The molecule has 0 heterocycles. The Morgan fingerprint density at radius 1 is 1.22 bits per heavy atom. The molecule has 0 saturated heterocycles. The zero-order valence-corrected chi connectivity index (χ0v) is 20.2. The lowest BCUT2D eigenvalue weighted by Crippen LogP contribution is -2.43. The number of allylic oxidation sites excluding steroid dienone is 3. The monoisotopic (exact) mass is 452 g/mol. The van der Waals surface area contributed by atoms with Crippen LogP contribution >= 0.6 is 0 Å². The Bertz CT molecular complexity index is 763. The molecule has 0 aromatic rings. The summed E-state index contributed by atoms with van der Waals surface area (Å²) in [7, 11) is 0. The summed E-state index contributed by atoms with van der Waals surface area (Å²) in [4.78, 5) is 0. The van der Waals surface area contributed by atoms with Crippen LogP contribution in [-0.2, 0) is 0 Å². The molecule has 32 heavy (non-hydrogen) atoms. The highest BCUT2D eigenvalue weighted by Crippen LogP contribution is 2.60. The Kier molecular flexibility index (Phi) is 7.44. The SMILES string of the molecule is C=C1/C(=C\C=C2/CCC[C@@]3(C)C2CC[C@@H]3[C@H](C)CCC(F)(F)C(C)(C)O)C[C@@H](O)CC1O. The van der Waals surface area contributed by atoms with E-state index in [0.717, 1.165) is 37.7 Å². The minimum atomic E-state index is -3.08. The number of hydrogen-bond donors (Lipinski definition) is 3. The van der Waals surface area contributed by atoms with Gasteiger partial charge in [0, 0.05) is 12.8 Å². The molecular weight excluding hydrogens is 410 g/mol. The van der Waals surface area contributed by atoms with Crippen molar-refractivity contribution in [3.63, 3.8) is 0 Å². The molecule has 0 radical (unpaired) electrons. The summed E-state index contributed by atoms with van der Waals surface area (Å²) in [5, 5.41) is 29.9. The second kappa shape index (κ2) is 9.31. The van der Waals surface area contributed by atoms with Gasteiger partial charge in [0.15, 0.2) is 0 Å². The third-order valence-electron chi connectivity index (χ3n) is 8.80. The van der Waals surface area contributed by atoms with Crippen LogP contribution < -0.4 is 0 Å². The number of aliphatic hydroxyl groups is 3. The zero-order chi connectivity index (χ0) is 23.9. The highest BCUT2D eigenvalue weighted by atomic mass is 19.3. The van der Waals surface area contributed by atoms with Crippen LogP contribution in [0.15, 0.2) is 35.5 Å². The van der Waals surface area contributed by atoms with E-state index >= 15 is 0 Å². The molecule has 3 saturated carbocycles. The van der Waals surface area contributed by atoms with Crippen molar-refractivity contribution in [1.82, 2.24) is 0 Å². The standard InChI is InChI=1S/C27H42F2O3/c1-17(12-14-27(28,29)25(3,4)32)22-10-11-23-19(7-6-13-26(22,23)5)8-9-20-15-21(30)16-24(31)18(20)2/h8-9,17,21-24,30-32H,2,6-7,10-16H2,1,3-5H3/b19-8+,20-9-/t17-,21-,22-,23?,24?,26-/m1/s1. The van der Waals surface area contributed by atoms with Gasteiger partial charge in [-0.15, -0.1) is 0 Å². The molecular formula is C27H42F2O3. The molecule has 3 rings (SSSR count). The number of hydrogen-bond acceptors (Lipinski definition) is 3. The van der Waals surface area contributed by atoms with E-state index in [-0.39, 0.29) is 17.8 Å². The lowest BCUT2D eigenvalue weighted by Gasteiger charge is -2.44. The second-order valence-corrected chi connectivity index (χ2v) is 11.4. The van der Waals surface area contributed by atoms with Gasteiger partial charge in [0.2, 0.25) is 0 Å². The fourth-order valence-electron chi connectivity index (χ4n) is 6.60. The number of rotatable bonds is 6. The molecule has 182 valence electrons. The molecule has 3 fully saturated rings. The highest BCUT2D eigenvalue weighted by molar-refractivity contribution is 5.38. The average molecular weight is 453 g/mol. The Morgan fingerprint density at radius 2 is 1.91 bits per heavy atom. The molecule has 3 N–H and O–H groups in total. The van der Waals surface area contributed by atoms with E-state index in [1.54, 1.807) is 0 Å². The quantitative estimate of drug-likeness (QED) is 0.467. The number of alkyl halides is 2. The summed E-state index contributed by atoms with van der Waals surface area (Å²) in [6, 6.07) is 0. The van der Waals surface area contributed by atoms with Crippen LogP contribution in [0.3, 0.4) is 0 Å². The van der Waals surface area contributed by atoms with Gasteiger partial charge in [-0.3, -0.25) is 0 Å². The maximum absolute atomic E-state index is 14.3. The summed E-state index contributed by atoms with van der Waals surface area (Å²) in [6.07, 6.45) is 9.40. The zero-order valence-electron chi connectivity index (χ0n) is 20.2. The topological polar surface area (TPSA) is 60.7 Å². The van der Waals surface area contributed by atoms with E-state index in [9.17, 15) is 24.1 Å². The van der Waals surface area contributed by atoms with Gasteiger partial charge in [-0.05, 0) is 93.1 Å². The first kappa shape index (κ1) is 25.6. The van der Waals surface area contributed by atoms with Crippen molar-refractivity contribution in [3.8, 4) is 0 Å². The highest BCUT2D eigenvalue weighted by Gasteiger charge is 2.51. The van der Waals surface area contributed by atoms with Crippen molar-refractivity contribution < 1.29 is 24.1 Å². The Hall–Kier alpha value is -1.04. The van der Waals surface area contributed by atoms with Crippen LogP contribution in [0, 0.1) is 23.2 Å². The first-order valence-corrected chi connectivity index (χ1v) is 12.3. The van der Waals surface area contributed by atoms with Crippen molar-refractivity contribution in [1.29, 1.82) is 0 Å². The van der Waals surface area contributed by atoms with Gasteiger partial charge in [0.1, 0.15) is 5.60 Å². The third kappa shape index (κ3) is 5.05. The lowest BCUT2D eigenvalue weighted by molar-refractivity contribution is -0.168. The summed E-state index contributed by atoms with van der Waals surface area (Å²) < 4.78 is 28.6. The number of halogens is 2. The minimum absolute atomic E-state index is 0.106. The van der Waals surface area contributed by atoms with Crippen LogP contribution in [0.1, 0.15) is 85.5 Å².